The van der Waals surface area contributed by atoms with Gasteiger partial charge in [0.25, 0.3) is 0 Å². The second-order valence-corrected chi connectivity index (χ2v) is 9.49. The summed E-state index contributed by atoms with van der Waals surface area (Å²) in [5, 5.41) is 6.16. The van der Waals surface area contributed by atoms with Crippen molar-refractivity contribution in [1.29, 1.82) is 0 Å². The van der Waals surface area contributed by atoms with Crippen molar-refractivity contribution in [1.82, 2.24) is 10.2 Å². The van der Waals surface area contributed by atoms with Crippen LogP contribution in [-0.4, -0.2) is 29.3 Å². The Morgan fingerprint density at radius 2 is 1.55 bits per heavy atom. The molecule has 0 spiro atoms. The number of amides is 2. The predicted molar refractivity (Wildman–Crippen MR) is 137 cm³/mol. The summed E-state index contributed by atoms with van der Waals surface area (Å²) in [5.74, 6) is 0.00572. The van der Waals surface area contributed by atoms with Gasteiger partial charge in [-0.05, 0) is 47.7 Å². The van der Waals surface area contributed by atoms with E-state index in [4.69, 9.17) is 23.2 Å². The lowest BCUT2D eigenvalue weighted by Crippen LogP contribution is -2.48. The van der Waals surface area contributed by atoms with Crippen LogP contribution in [0.3, 0.4) is 0 Å². The fourth-order valence-corrected chi connectivity index (χ4v) is 4.30. The van der Waals surface area contributed by atoms with Gasteiger partial charge in [-0.25, -0.2) is 0 Å². The molecule has 4 nitrogen and oxygen atoms in total. The molecule has 0 unspecified atom stereocenters. The zero-order valence-electron chi connectivity index (χ0n) is 19.3. The molecule has 174 valence electrons. The molecule has 0 fully saturated rings. The second kappa shape index (κ2) is 11.5. The second-order valence-electron chi connectivity index (χ2n) is 8.68. The maximum Gasteiger partial charge on any atom is 0.242 e. The van der Waals surface area contributed by atoms with E-state index in [1.807, 2.05) is 38.1 Å². The van der Waals surface area contributed by atoms with Crippen LogP contribution >= 0.6 is 23.2 Å². The first-order chi connectivity index (χ1) is 15.8. The highest BCUT2D eigenvalue weighted by atomic mass is 35.5. The Balaban J connectivity index is 1.82. The summed E-state index contributed by atoms with van der Waals surface area (Å²) in [5.41, 5.74) is 1.75. The number of aryl methyl sites for hydroxylation is 1. The molecule has 0 aromatic heterocycles. The van der Waals surface area contributed by atoms with E-state index in [0.29, 0.717) is 34.5 Å². The average molecular weight is 485 g/mol. The summed E-state index contributed by atoms with van der Waals surface area (Å²) in [6.45, 7) is 6.52. The van der Waals surface area contributed by atoms with Gasteiger partial charge in [-0.1, -0.05) is 85.6 Å². The Bertz CT molecular complexity index is 1100. The van der Waals surface area contributed by atoms with Crippen LogP contribution in [0.15, 0.2) is 60.7 Å². The monoisotopic (exact) mass is 484 g/mol. The predicted octanol–water partition coefficient (Wildman–Crippen LogP) is 6.27. The molecule has 0 saturated carbocycles. The standard InChI is InChI=1S/C27H30Cl2N2O2/c1-18(2)16-30-27(33)19(3)31(17-23-24(28)12-7-13-25(23)29)26(32)15-14-21-10-6-9-20-8-4-5-11-22(20)21/h4-13,18-19H,14-17H2,1-3H3,(H,30,33)/t19-/m1/s1. The molecular weight excluding hydrogens is 455 g/mol. The highest BCUT2D eigenvalue weighted by Crippen LogP contribution is 2.27. The Labute approximate surface area is 205 Å². The molecule has 1 atom stereocenters. The van der Waals surface area contributed by atoms with Crippen LogP contribution in [0.1, 0.15) is 38.3 Å². The molecule has 0 aliphatic rings. The van der Waals surface area contributed by atoms with Gasteiger partial charge in [0.15, 0.2) is 0 Å². The zero-order valence-corrected chi connectivity index (χ0v) is 20.8. The first kappa shape index (κ1) is 25.1. The smallest absolute Gasteiger partial charge is 0.242 e. The zero-order chi connectivity index (χ0) is 24.0. The number of rotatable bonds is 9. The van der Waals surface area contributed by atoms with Gasteiger partial charge in [-0.2, -0.15) is 0 Å². The van der Waals surface area contributed by atoms with Crippen molar-refractivity contribution in [3.05, 3.63) is 81.8 Å². The van der Waals surface area contributed by atoms with Gasteiger partial charge < -0.3 is 10.2 Å². The summed E-state index contributed by atoms with van der Waals surface area (Å²) >= 11 is 12.8. The molecule has 0 aliphatic carbocycles. The first-order valence-corrected chi connectivity index (χ1v) is 12.0. The number of fused-ring (bicyclic) bond motifs is 1. The van der Waals surface area contributed by atoms with Gasteiger partial charge in [0.2, 0.25) is 11.8 Å². The minimum Gasteiger partial charge on any atom is -0.354 e. The third-order valence-electron chi connectivity index (χ3n) is 5.73. The third kappa shape index (κ3) is 6.49. The minimum absolute atomic E-state index is 0.119. The molecular formula is C27H30Cl2N2O2. The average Bonchev–Trinajstić information content (AvgIpc) is 2.80. The molecule has 0 heterocycles. The van der Waals surface area contributed by atoms with Crippen LogP contribution in [0.25, 0.3) is 10.8 Å². The molecule has 3 rings (SSSR count). The summed E-state index contributed by atoms with van der Waals surface area (Å²) in [6, 6.07) is 18.8. The maximum atomic E-state index is 13.4. The number of hydrogen-bond acceptors (Lipinski definition) is 2. The molecule has 3 aromatic carbocycles. The summed E-state index contributed by atoms with van der Waals surface area (Å²) in [6.07, 6.45) is 0.852. The van der Waals surface area contributed by atoms with Gasteiger partial charge in [0.05, 0.1) is 0 Å². The minimum atomic E-state index is -0.656. The number of halogens is 2. The van der Waals surface area contributed by atoms with Gasteiger partial charge in [0.1, 0.15) is 6.04 Å². The van der Waals surface area contributed by atoms with Crippen molar-refractivity contribution in [2.75, 3.05) is 6.54 Å². The van der Waals surface area contributed by atoms with Crippen molar-refractivity contribution in [3.8, 4) is 0 Å². The van der Waals surface area contributed by atoms with E-state index in [-0.39, 0.29) is 24.8 Å². The lowest BCUT2D eigenvalue weighted by Gasteiger charge is -2.30. The van der Waals surface area contributed by atoms with Crippen molar-refractivity contribution >= 4 is 45.8 Å². The Morgan fingerprint density at radius 1 is 0.909 bits per heavy atom. The lowest BCUT2D eigenvalue weighted by atomic mass is 10.0. The fraction of sp³-hybridized carbons (Fsp3) is 0.333. The van der Waals surface area contributed by atoms with Crippen molar-refractivity contribution < 1.29 is 9.59 Å². The molecule has 3 aromatic rings. The maximum absolute atomic E-state index is 13.4. The topological polar surface area (TPSA) is 49.4 Å². The van der Waals surface area contributed by atoms with E-state index < -0.39 is 6.04 Å². The van der Waals surface area contributed by atoms with E-state index in [0.717, 1.165) is 16.3 Å². The fourth-order valence-electron chi connectivity index (χ4n) is 3.78. The lowest BCUT2D eigenvalue weighted by molar-refractivity contribution is -0.140. The summed E-state index contributed by atoms with van der Waals surface area (Å²) in [4.78, 5) is 27.8. The molecule has 0 aliphatic heterocycles. The Morgan fingerprint density at radius 3 is 2.24 bits per heavy atom. The summed E-state index contributed by atoms with van der Waals surface area (Å²) in [7, 11) is 0. The van der Waals surface area contributed by atoms with Gasteiger partial charge in [-0.3, -0.25) is 9.59 Å². The highest BCUT2D eigenvalue weighted by molar-refractivity contribution is 6.36. The SMILES string of the molecule is CC(C)CNC(=O)[C@@H](C)N(Cc1c(Cl)cccc1Cl)C(=O)CCc1cccc2ccccc12. The van der Waals surface area contributed by atoms with E-state index in [2.05, 4.69) is 23.5 Å². The van der Waals surface area contributed by atoms with Gasteiger partial charge in [-0.15, -0.1) is 0 Å². The van der Waals surface area contributed by atoms with E-state index in [1.54, 1.807) is 30.0 Å². The quantitative estimate of drug-likeness (QED) is 0.389. The van der Waals surface area contributed by atoms with Gasteiger partial charge in [0, 0.05) is 35.1 Å². The molecule has 0 bridgehead atoms. The van der Waals surface area contributed by atoms with Crippen molar-refractivity contribution in [2.45, 2.75) is 46.2 Å². The molecule has 1 N–H and O–H groups in total. The molecule has 2 amide bonds. The number of nitrogens with zero attached hydrogens (tertiary/aromatic N) is 1. The van der Waals surface area contributed by atoms with Crippen LogP contribution in [0.4, 0.5) is 0 Å². The van der Waals surface area contributed by atoms with Crippen LogP contribution < -0.4 is 5.32 Å². The van der Waals surface area contributed by atoms with E-state index in [1.165, 1.54) is 0 Å². The Kier molecular flexibility index (Phi) is 8.76. The molecule has 0 saturated heterocycles. The third-order valence-corrected chi connectivity index (χ3v) is 6.44. The first-order valence-electron chi connectivity index (χ1n) is 11.2. The number of carbonyl (C=O) groups excluding carboxylic acids is 2. The van der Waals surface area contributed by atoms with E-state index in [9.17, 15) is 9.59 Å². The largest absolute Gasteiger partial charge is 0.354 e. The number of carbonyl (C=O) groups is 2. The number of benzene rings is 3. The number of hydrogen-bond donors (Lipinski definition) is 1. The van der Waals surface area contributed by atoms with Crippen LogP contribution in [0, 0.1) is 5.92 Å². The van der Waals surface area contributed by atoms with Crippen molar-refractivity contribution in [2.24, 2.45) is 5.92 Å². The summed E-state index contributed by atoms with van der Waals surface area (Å²) < 4.78 is 0. The highest BCUT2D eigenvalue weighted by Gasteiger charge is 2.27. The molecule has 0 radical (unpaired) electrons. The Hall–Kier alpha value is -2.56. The van der Waals surface area contributed by atoms with Crippen LogP contribution in [0.5, 0.6) is 0 Å². The van der Waals surface area contributed by atoms with E-state index >= 15 is 0 Å². The normalized spacial score (nSPS) is 12.1. The van der Waals surface area contributed by atoms with Crippen LogP contribution in [0.2, 0.25) is 10.0 Å². The van der Waals surface area contributed by atoms with Crippen molar-refractivity contribution in [3.63, 3.8) is 0 Å². The van der Waals surface area contributed by atoms with Gasteiger partial charge >= 0.3 is 0 Å². The number of nitrogens with one attached hydrogen (secondary N) is 1. The molecule has 33 heavy (non-hydrogen) atoms. The van der Waals surface area contributed by atoms with Crippen LogP contribution in [-0.2, 0) is 22.6 Å². The molecule has 6 heteroatoms.